The summed E-state index contributed by atoms with van der Waals surface area (Å²) in [4.78, 5) is 48.6. The summed E-state index contributed by atoms with van der Waals surface area (Å²) in [6, 6.07) is 36.2. The summed E-state index contributed by atoms with van der Waals surface area (Å²) in [5, 5.41) is 25.5. The molecule has 252 valence electrons. The van der Waals surface area contributed by atoms with Crippen molar-refractivity contribution in [2.24, 2.45) is 11.8 Å². The van der Waals surface area contributed by atoms with Crippen LogP contribution < -0.4 is 31.1 Å². The first-order valence-corrected chi connectivity index (χ1v) is 16.1. The van der Waals surface area contributed by atoms with Crippen LogP contribution in [0.2, 0.25) is 0 Å². The summed E-state index contributed by atoms with van der Waals surface area (Å²) in [5.74, 6) is -6.10. The maximum Gasteiger partial charge on any atom is 2.00 e. The van der Waals surface area contributed by atoms with Crippen LogP contribution in [-0.4, -0.2) is 61.5 Å². The first-order valence-electron chi connectivity index (χ1n) is 16.1. The number of nitrogens with zero attached hydrogens (tertiary/aromatic N) is 2. The fourth-order valence-corrected chi connectivity index (χ4v) is 4.74. The predicted molar refractivity (Wildman–Crippen MR) is 190 cm³/mol. The molecule has 0 aliphatic heterocycles. The van der Waals surface area contributed by atoms with E-state index in [1.807, 2.05) is 86.6 Å². The molecular formula is C38H42CaN4O6. The third kappa shape index (κ3) is 13.2. The van der Waals surface area contributed by atoms with E-state index >= 15 is 0 Å². The Hall–Kier alpha value is -4.38. The zero-order chi connectivity index (χ0) is 34.7. The molecule has 0 heterocycles. The van der Waals surface area contributed by atoms with Gasteiger partial charge in [0.15, 0.2) is 0 Å². The fourth-order valence-electron chi connectivity index (χ4n) is 4.74. The maximum atomic E-state index is 12.8. The quantitative estimate of drug-likeness (QED) is 0.0967. The predicted octanol–water partition coefficient (Wildman–Crippen LogP) is 4.83. The molecule has 10 nitrogen and oxygen atoms in total. The van der Waals surface area contributed by atoms with Gasteiger partial charge in [0.05, 0.1) is 46.5 Å². The number of benzene rings is 4. The van der Waals surface area contributed by atoms with Crippen molar-refractivity contribution in [1.29, 1.82) is 0 Å². The van der Waals surface area contributed by atoms with Crippen molar-refractivity contribution in [3.8, 4) is 0 Å². The van der Waals surface area contributed by atoms with Crippen LogP contribution >= 0.6 is 0 Å². The minimum Gasteiger partial charge on any atom is -0.549 e. The van der Waals surface area contributed by atoms with Gasteiger partial charge in [0.25, 0.3) is 11.8 Å². The number of rotatable bonds is 16. The van der Waals surface area contributed by atoms with Gasteiger partial charge >= 0.3 is 37.7 Å². The number of hydrogen-bond donors (Lipinski definition) is 2. The number of carbonyl (C=O) groups excluding carboxylic acids is 4. The standard InChI is InChI=1S/2C19H22N2O3.Ca/c2*1-2-3-14-17(19(23)24)18(22)21(16-12-8-5-9-13-16)20-15-10-6-4-7-11-15;/h2*4-13,17,20H,2-3,14H2,1H3,(H,23,24);/q;;+2/p-2. The number of aliphatic carboxylic acids is 2. The topological polar surface area (TPSA) is 145 Å². The number of carboxylic acid groups (broad SMARTS) is 2. The van der Waals surface area contributed by atoms with Gasteiger partial charge in [-0.15, -0.1) is 0 Å². The average molecular weight is 691 g/mol. The molecule has 2 amide bonds. The number of hydrogen-bond acceptors (Lipinski definition) is 8. The molecule has 4 rings (SSSR count). The van der Waals surface area contributed by atoms with Gasteiger partial charge in [0, 0.05) is 0 Å². The summed E-state index contributed by atoms with van der Waals surface area (Å²) in [7, 11) is 0. The van der Waals surface area contributed by atoms with E-state index in [0.717, 1.165) is 12.8 Å². The van der Waals surface area contributed by atoms with Gasteiger partial charge in [-0.1, -0.05) is 112 Å². The van der Waals surface area contributed by atoms with Gasteiger partial charge in [-0.05, 0) is 61.4 Å². The Bertz CT molecular complexity index is 1440. The molecule has 0 spiro atoms. The fraction of sp³-hybridized carbons (Fsp3) is 0.263. The van der Waals surface area contributed by atoms with E-state index in [0.29, 0.717) is 35.6 Å². The monoisotopic (exact) mass is 690 g/mol. The van der Waals surface area contributed by atoms with Crippen LogP contribution in [-0.2, 0) is 19.2 Å². The first kappa shape index (κ1) is 40.8. The second-order valence-corrected chi connectivity index (χ2v) is 11.0. The van der Waals surface area contributed by atoms with Crippen LogP contribution in [0, 0.1) is 11.8 Å². The zero-order valence-corrected chi connectivity index (χ0v) is 30.2. The van der Waals surface area contributed by atoms with Gasteiger partial charge in [-0.2, -0.15) is 0 Å². The van der Waals surface area contributed by atoms with E-state index in [9.17, 15) is 29.4 Å². The molecule has 0 saturated heterocycles. The van der Waals surface area contributed by atoms with E-state index in [1.54, 1.807) is 48.5 Å². The molecule has 0 radical (unpaired) electrons. The Kier molecular flexibility index (Phi) is 18.6. The van der Waals surface area contributed by atoms with E-state index in [-0.39, 0.29) is 50.6 Å². The zero-order valence-electron chi connectivity index (χ0n) is 28.0. The Labute approximate surface area is 318 Å². The third-order valence-electron chi connectivity index (χ3n) is 7.36. The van der Waals surface area contributed by atoms with E-state index in [4.69, 9.17) is 0 Å². The molecule has 0 fully saturated rings. The maximum absolute atomic E-state index is 12.8. The van der Waals surface area contributed by atoms with Crippen molar-refractivity contribution in [1.82, 2.24) is 0 Å². The van der Waals surface area contributed by atoms with Crippen LogP contribution in [0.5, 0.6) is 0 Å². The average Bonchev–Trinajstić information content (AvgIpc) is 3.11. The molecule has 0 saturated carbocycles. The number of unbranched alkanes of at least 4 members (excludes halogenated alkanes) is 2. The molecule has 4 aromatic carbocycles. The number of para-hydroxylation sites is 4. The van der Waals surface area contributed by atoms with Crippen LogP contribution in [0.4, 0.5) is 22.7 Å². The molecular weight excluding hydrogens is 649 g/mol. The van der Waals surface area contributed by atoms with Gasteiger partial charge in [0.1, 0.15) is 0 Å². The number of carboxylic acids is 2. The summed E-state index contributed by atoms with van der Waals surface area (Å²) in [5.41, 5.74) is 8.55. The number of carbonyl (C=O) groups is 4. The second kappa shape index (κ2) is 22.3. The minimum atomic E-state index is -1.34. The smallest absolute Gasteiger partial charge is 0.549 e. The minimum absolute atomic E-state index is 0. The van der Waals surface area contributed by atoms with Crippen LogP contribution in [0.1, 0.15) is 52.4 Å². The number of amides is 2. The van der Waals surface area contributed by atoms with Crippen LogP contribution in [0.25, 0.3) is 0 Å². The van der Waals surface area contributed by atoms with Crippen molar-refractivity contribution >= 4 is 84.2 Å². The Morgan fingerprint density at radius 3 is 1.08 bits per heavy atom. The van der Waals surface area contributed by atoms with Gasteiger partial charge in [-0.25, -0.2) is 10.0 Å². The van der Waals surface area contributed by atoms with Crippen molar-refractivity contribution < 1.29 is 29.4 Å². The second-order valence-electron chi connectivity index (χ2n) is 11.0. The van der Waals surface area contributed by atoms with Crippen molar-refractivity contribution in [2.45, 2.75) is 52.4 Å². The van der Waals surface area contributed by atoms with E-state index < -0.39 is 35.6 Å². The van der Waals surface area contributed by atoms with Crippen LogP contribution in [0.15, 0.2) is 121 Å². The molecule has 0 aromatic heterocycles. The van der Waals surface area contributed by atoms with Crippen LogP contribution in [0.3, 0.4) is 0 Å². The molecule has 0 bridgehead atoms. The number of nitrogens with one attached hydrogen (secondary N) is 2. The Balaban J connectivity index is 0.000000333. The molecule has 11 heteroatoms. The summed E-state index contributed by atoms with van der Waals surface area (Å²) >= 11 is 0. The van der Waals surface area contributed by atoms with Crippen molar-refractivity contribution in [3.05, 3.63) is 121 Å². The van der Waals surface area contributed by atoms with Crippen molar-refractivity contribution in [2.75, 3.05) is 20.9 Å². The number of hydrazine groups is 2. The summed E-state index contributed by atoms with van der Waals surface area (Å²) < 4.78 is 0. The summed E-state index contributed by atoms with van der Waals surface area (Å²) in [6.07, 6.45) is 3.45. The number of anilines is 4. The van der Waals surface area contributed by atoms with E-state index in [1.165, 1.54) is 10.0 Å². The van der Waals surface area contributed by atoms with Crippen molar-refractivity contribution in [3.63, 3.8) is 0 Å². The molecule has 2 unspecified atom stereocenters. The van der Waals surface area contributed by atoms with Gasteiger partial charge in [-0.3, -0.25) is 20.4 Å². The molecule has 2 atom stereocenters. The molecule has 49 heavy (non-hydrogen) atoms. The third-order valence-corrected chi connectivity index (χ3v) is 7.36. The van der Waals surface area contributed by atoms with Gasteiger partial charge < -0.3 is 19.8 Å². The van der Waals surface area contributed by atoms with E-state index in [2.05, 4.69) is 10.9 Å². The molecule has 0 aliphatic rings. The largest absolute Gasteiger partial charge is 2.00 e. The normalized spacial score (nSPS) is 11.3. The first-order chi connectivity index (χ1) is 23.3. The molecule has 4 aromatic rings. The molecule has 2 N–H and O–H groups in total. The summed E-state index contributed by atoms with van der Waals surface area (Å²) in [6.45, 7) is 3.90. The SMILES string of the molecule is CCCCC(C(=O)[O-])C(=O)N(Nc1ccccc1)c1ccccc1.CCCCC(C(=O)[O-])C(=O)N(Nc1ccccc1)c1ccccc1.[Ca+2]. The van der Waals surface area contributed by atoms with Gasteiger partial charge in [0.2, 0.25) is 0 Å². The Morgan fingerprint density at radius 2 is 0.816 bits per heavy atom. The molecule has 0 aliphatic carbocycles. The Morgan fingerprint density at radius 1 is 0.531 bits per heavy atom.